The van der Waals surface area contributed by atoms with E-state index < -0.39 is 10.4 Å². The molecule has 0 saturated carbocycles. The fraction of sp³-hybridized carbons (Fsp3) is 0.0938. The van der Waals surface area contributed by atoms with E-state index in [-0.39, 0.29) is 0 Å². The monoisotopic (exact) mass is 988 g/mol. The van der Waals surface area contributed by atoms with Gasteiger partial charge in [-0.05, 0) is 78.9 Å². The molecule has 0 fully saturated rings. The molecule has 2 spiro atoms. The fourth-order valence-corrected chi connectivity index (χ4v) is 12.8. The van der Waals surface area contributed by atoms with Crippen molar-refractivity contribution in [1.29, 1.82) is 0 Å². The number of aryl methyl sites for hydroxylation is 3. The second kappa shape index (κ2) is 19.1. The number of ether oxygens (including phenoxy) is 3. The Hall–Kier alpha value is -8.24. The van der Waals surface area contributed by atoms with E-state index in [9.17, 15) is 0 Å². The highest BCUT2D eigenvalue weighted by molar-refractivity contribution is 8.00. The Labute approximate surface area is 435 Å². The van der Waals surface area contributed by atoms with Gasteiger partial charge in [0.25, 0.3) is 0 Å². The molecule has 4 aliphatic heterocycles. The molecule has 2 atom stereocenters. The van der Waals surface area contributed by atoms with E-state index in [0.717, 1.165) is 67.8 Å². The topological polar surface area (TPSA) is 39.7 Å². The second-order valence-electron chi connectivity index (χ2n) is 18.3. The molecule has 0 saturated heterocycles. The maximum atomic E-state index is 7.23. The van der Waals surface area contributed by atoms with Crippen LogP contribution in [0.4, 0.5) is 22.7 Å². The summed E-state index contributed by atoms with van der Waals surface area (Å²) in [4.78, 5) is 2.40. The van der Waals surface area contributed by atoms with E-state index in [2.05, 4.69) is 258 Å². The molecule has 7 nitrogen and oxygen atoms in total. The molecule has 0 aromatic heterocycles. The van der Waals surface area contributed by atoms with Gasteiger partial charge in [0, 0.05) is 58.3 Å². The van der Waals surface area contributed by atoms with Gasteiger partial charge in [-0.2, -0.15) is 0 Å². The molecule has 9 aromatic rings. The molecule has 0 amide bonds. The summed E-state index contributed by atoms with van der Waals surface area (Å²) in [5.74, 6) is 2.58. The lowest BCUT2D eigenvalue weighted by molar-refractivity contribution is -0.770. The number of hydrogen-bond acceptors (Lipinski definition) is 5. The van der Waals surface area contributed by atoms with Crippen molar-refractivity contribution in [1.82, 2.24) is 0 Å². The Balaban J connectivity index is 0.000000149. The van der Waals surface area contributed by atoms with Crippen molar-refractivity contribution in [2.24, 2.45) is 0 Å². The molecule has 4 heterocycles. The zero-order valence-electron chi connectivity index (χ0n) is 40.9. The van der Waals surface area contributed by atoms with Crippen molar-refractivity contribution < 1.29 is 32.5 Å². The summed E-state index contributed by atoms with van der Waals surface area (Å²) in [6.07, 6.45) is 8.86. The fourth-order valence-electron chi connectivity index (χ4n) is 9.95. The first kappa shape index (κ1) is 45.9. The number of rotatable bonds is 6. The number of hydrogen-bond donors (Lipinski definition) is 0. The number of methoxy groups -OCH3 is 1. The van der Waals surface area contributed by atoms with Crippen molar-refractivity contribution >= 4 is 71.1 Å². The van der Waals surface area contributed by atoms with E-state index in [0.29, 0.717) is 0 Å². The third kappa shape index (κ3) is 8.24. The highest BCUT2D eigenvalue weighted by Crippen LogP contribution is 2.52. The van der Waals surface area contributed by atoms with Gasteiger partial charge in [0.05, 0.1) is 52.9 Å². The van der Waals surface area contributed by atoms with Gasteiger partial charge < -0.3 is 14.2 Å². The van der Waals surface area contributed by atoms with Crippen LogP contribution in [0.5, 0.6) is 17.2 Å². The molecule has 354 valence electrons. The molecule has 4 aliphatic rings. The molecular weight excluding hydrogens is 937 g/mol. The number of benzene rings is 9. The lowest BCUT2D eigenvalue weighted by atomic mass is 10.0. The van der Waals surface area contributed by atoms with Gasteiger partial charge in [-0.15, -0.1) is 0 Å². The van der Waals surface area contributed by atoms with Crippen molar-refractivity contribution in [2.45, 2.75) is 40.9 Å². The van der Waals surface area contributed by atoms with Crippen LogP contribution in [0.2, 0.25) is 0 Å². The first-order valence-electron chi connectivity index (χ1n) is 24.4. The zero-order valence-corrected chi connectivity index (χ0v) is 42.6. The van der Waals surface area contributed by atoms with Crippen LogP contribution in [0.1, 0.15) is 38.9 Å². The van der Waals surface area contributed by atoms with Crippen LogP contribution in [-0.4, -0.2) is 60.6 Å². The van der Waals surface area contributed by atoms with Gasteiger partial charge >= 0.3 is 10.4 Å². The smallest absolute Gasteiger partial charge is 0.497 e. The quantitative estimate of drug-likeness (QED) is 0.155. The van der Waals surface area contributed by atoms with Gasteiger partial charge in [0.15, 0.2) is 36.4 Å². The maximum absolute atomic E-state index is 7.23. The summed E-state index contributed by atoms with van der Waals surface area (Å²) < 4.78 is 29.0. The number of nitrogens with zero attached hydrogens (tertiary/aromatic N) is 4. The Morgan fingerprint density at radius 3 is 1.27 bits per heavy atom. The SMILES string of the molecule is COc1cc(C)c2c(c1)C=[N+](c1ccccc1)C1(O2)Sc2c(C)cccc2C=[N+]1c1ccccc1.Cc1cccc2c1OC1(Sc3c(cccc3-c3ccccc3)C=[N+]1c1ccccc1)[N+](c1ccccc1)=C2. The second-order valence-corrected chi connectivity index (χ2v) is 20.6. The van der Waals surface area contributed by atoms with Crippen LogP contribution in [0.15, 0.2) is 228 Å². The molecular formula is C64H52N4O3S2+4. The van der Waals surface area contributed by atoms with Gasteiger partial charge in [-0.1, -0.05) is 158 Å². The molecule has 73 heavy (non-hydrogen) atoms. The Bertz CT molecular complexity index is 3700. The molecule has 0 bridgehead atoms. The lowest BCUT2D eigenvalue weighted by Gasteiger charge is -2.32. The molecule has 0 aliphatic carbocycles. The summed E-state index contributed by atoms with van der Waals surface area (Å²) >= 11 is 3.48. The molecule has 9 aromatic carbocycles. The van der Waals surface area contributed by atoms with Gasteiger partial charge in [-0.25, -0.2) is 0 Å². The number of fused-ring (bicyclic) bond motifs is 4. The minimum Gasteiger partial charge on any atom is -0.497 e. The van der Waals surface area contributed by atoms with Crippen LogP contribution in [0, 0.1) is 20.8 Å². The summed E-state index contributed by atoms with van der Waals surface area (Å²) in [6, 6.07) is 75.8. The van der Waals surface area contributed by atoms with Crippen LogP contribution >= 0.6 is 23.5 Å². The third-order valence-electron chi connectivity index (χ3n) is 13.5. The summed E-state index contributed by atoms with van der Waals surface area (Å²) in [5, 5.41) is -1.84. The van der Waals surface area contributed by atoms with Crippen molar-refractivity contribution in [3.05, 3.63) is 257 Å². The van der Waals surface area contributed by atoms with E-state index >= 15 is 0 Å². The van der Waals surface area contributed by atoms with E-state index in [4.69, 9.17) is 14.2 Å². The standard InChI is InChI=1S/C34H26N2OS.C30H26N2O2S/c1-25-13-11-16-27-23-35(29-18-7-3-8-19-29)34(37-32(25)27)36(30-20-9-4-10-21-30)24-28-17-12-22-31(33(28)38-34)26-14-5-2-6-15-26;1-21-11-10-12-23-19-31(25-13-6-4-7-14-25)30(35-29(21)23)32(26-15-8-5-9-16-26)20-24-18-27(33-3)17-22(2)28(24)34-30/h2-24H,1H3;4-20H,1-3H3/q2*+2. The third-order valence-corrected chi connectivity index (χ3v) is 16.4. The Kier molecular flexibility index (Phi) is 12.0. The molecule has 13 rings (SSSR count). The predicted octanol–water partition coefficient (Wildman–Crippen LogP) is 14.6. The van der Waals surface area contributed by atoms with Gasteiger partial charge in [0.1, 0.15) is 5.75 Å². The zero-order chi connectivity index (χ0) is 49.5. The largest absolute Gasteiger partial charge is 0.584 e. The average Bonchev–Trinajstić information content (AvgIpc) is 3.44. The highest BCUT2D eigenvalue weighted by Gasteiger charge is 2.65. The number of para-hydroxylation sites is 5. The number of thioether (sulfide) groups is 2. The minimum absolute atomic E-state index is 0.814. The molecule has 9 heteroatoms. The average molecular weight is 989 g/mol. The maximum Gasteiger partial charge on any atom is 0.584 e. The summed E-state index contributed by atoms with van der Waals surface area (Å²) in [6.45, 7) is 6.35. The Morgan fingerprint density at radius 1 is 0.370 bits per heavy atom. The summed E-state index contributed by atoms with van der Waals surface area (Å²) in [7, 11) is 1.70. The highest BCUT2D eigenvalue weighted by atomic mass is 32.2. The first-order chi connectivity index (χ1) is 35.8. The lowest BCUT2D eigenvalue weighted by Crippen LogP contribution is -2.55. The van der Waals surface area contributed by atoms with Gasteiger partial charge in [0.2, 0.25) is 22.7 Å². The van der Waals surface area contributed by atoms with E-state index in [1.54, 1.807) is 30.6 Å². The van der Waals surface area contributed by atoms with Crippen LogP contribution in [0.3, 0.4) is 0 Å². The predicted molar refractivity (Wildman–Crippen MR) is 297 cm³/mol. The van der Waals surface area contributed by atoms with Crippen LogP contribution in [-0.2, 0) is 0 Å². The molecule has 2 unspecified atom stereocenters. The summed E-state index contributed by atoms with van der Waals surface area (Å²) in [5.41, 5.74) is 14.4. The Morgan fingerprint density at radius 2 is 0.767 bits per heavy atom. The van der Waals surface area contributed by atoms with E-state index in [1.807, 2.05) is 24.3 Å². The minimum atomic E-state index is -0.931. The molecule has 0 radical (unpaired) electrons. The van der Waals surface area contributed by atoms with Crippen LogP contribution in [0.25, 0.3) is 11.1 Å². The molecule has 0 N–H and O–H groups in total. The van der Waals surface area contributed by atoms with Crippen LogP contribution < -0.4 is 14.2 Å². The first-order valence-corrected chi connectivity index (χ1v) is 26.0. The van der Waals surface area contributed by atoms with Gasteiger partial charge in [-0.3, -0.25) is 0 Å². The van der Waals surface area contributed by atoms with Crippen molar-refractivity contribution in [3.8, 4) is 28.4 Å². The van der Waals surface area contributed by atoms with E-state index in [1.165, 1.54) is 32.0 Å². The normalized spacial score (nSPS) is 17.9. The van der Waals surface area contributed by atoms with Crippen molar-refractivity contribution in [3.63, 3.8) is 0 Å². The van der Waals surface area contributed by atoms with Crippen molar-refractivity contribution in [2.75, 3.05) is 7.11 Å².